The molecule has 3 unspecified atom stereocenters. The van der Waals surface area contributed by atoms with E-state index >= 15 is 0 Å². The molecule has 0 radical (unpaired) electrons. The predicted molar refractivity (Wildman–Crippen MR) is 59.5 cm³/mol. The number of ether oxygens (including phenoxy) is 1. The number of likely N-dealkylation sites (N-methyl/N-ethyl adjacent to an activating group) is 1. The van der Waals surface area contributed by atoms with E-state index in [1.807, 2.05) is 14.2 Å². The van der Waals surface area contributed by atoms with Crippen molar-refractivity contribution < 1.29 is 4.74 Å². The molecule has 1 saturated heterocycles. The van der Waals surface area contributed by atoms with Crippen molar-refractivity contribution in [2.75, 3.05) is 33.8 Å². The highest BCUT2D eigenvalue weighted by Gasteiger charge is 2.27. The Balaban J connectivity index is 2.41. The highest BCUT2D eigenvalue weighted by atomic mass is 16.5. The van der Waals surface area contributed by atoms with Crippen molar-refractivity contribution in [1.82, 2.24) is 10.2 Å². The van der Waals surface area contributed by atoms with Gasteiger partial charge in [-0.25, -0.2) is 0 Å². The standard InChI is InChI=1S/C11H24N2O/c1-9-5-6-13(8-11(9)14-4)10(2)7-12-3/h9-12H,5-8H2,1-4H3. The summed E-state index contributed by atoms with van der Waals surface area (Å²) in [4.78, 5) is 2.52. The Morgan fingerprint density at radius 3 is 2.86 bits per heavy atom. The Kier molecular flexibility index (Phi) is 4.85. The molecule has 1 heterocycles. The molecule has 1 aliphatic heterocycles. The molecular weight excluding hydrogens is 176 g/mol. The molecule has 0 amide bonds. The first-order valence-electron chi connectivity index (χ1n) is 5.60. The summed E-state index contributed by atoms with van der Waals surface area (Å²) in [6.45, 7) is 7.92. The summed E-state index contributed by atoms with van der Waals surface area (Å²) in [6.07, 6.45) is 1.68. The van der Waals surface area contributed by atoms with Crippen molar-refractivity contribution in [3.8, 4) is 0 Å². The van der Waals surface area contributed by atoms with Gasteiger partial charge in [-0.05, 0) is 32.9 Å². The van der Waals surface area contributed by atoms with Crippen LogP contribution in [0.3, 0.4) is 0 Å². The van der Waals surface area contributed by atoms with Crippen molar-refractivity contribution in [2.24, 2.45) is 5.92 Å². The van der Waals surface area contributed by atoms with E-state index in [4.69, 9.17) is 4.74 Å². The lowest BCUT2D eigenvalue weighted by Gasteiger charge is -2.39. The minimum absolute atomic E-state index is 0.419. The molecule has 0 aromatic rings. The van der Waals surface area contributed by atoms with Crippen LogP contribution in [0.15, 0.2) is 0 Å². The molecule has 3 nitrogen and oxygen atoms in total. The summed E-state index contributed by atoms with van der Waals surface area (Å²) in [7, 11) is 3.84. The van der Waals surface area contributed by atoms with Crippen LogP contribution in [0, 0.1) is 5.92 Å². The average molecular weight is 200 g/mol. The highest BCUT2D eigenvalue weighted by Crippen LogP contribution is 2.20. The second kappa shape index (κ2) is 5.69. The molecule has 84 valence electrons. The maximum absolute atomic E-state index is 5.50. The van der Waals surface area contributed by atoms with Crippen LogP contribution >= 0.6 is 0 Å². The van der Waals surface area contributed by atoms with Gasteiger partial charge in [-0.1, -0.05) is 6.92 Å². The Bertz CT molecular complexity index is 163. The Morgan fingerprint density at radius 1 is 1.57 bits per heavy atom. The van der Waals surface area contributed by atoms with Crippen LogP contribution in [0.5, 0.6) is 0 Å². The molecule has 1 N–H and O–H groups in total. The quantitative estimate of drug-likeness (QED) is 0.731. The third-order valence-electron chi connectivity index (χ3n) is 3.35. The number of likely N-dealkylation sites (tertiary alicyclic amines) is 1. The first-order chi connectivity index (χ1) is 6.69. The summed E-state index contributed by atoms with van der Waals surface area (Å²) in [5.74, 6) is 0.707. The van der Waals surface area contributed by atoms with Crippen LogP contribution < -0.4 is 5.32 Å². The monoisotopic (exact) mass is 200 g/mol. The van der Waals surface area contributed by atoms with Gasteiger partial charge in [-0.15, -0.1) is 0 Å². The maximum Gasteiger partial charge on any atom is 0.0724 e. The van der Waals surface area contributed by atoms with Gasteiger partial charge in [0.15, 0.2) is 0 Å². The maximum atomic E-state index is 5.50. The van der Waals surface area contributed by atoms with Crippen molar-refractivity contribution in [3.63, 3.8) is 0 Å². The van der Waals surface area contributed by atoms with Crippen LogP contribution in [-0.4, -0.2) is 50.8 Å². The molecular formula is C11H24N2O. The summed E-state index contributed by atoms with van der Waals surface area (Å²) < 4.78 is 5.50. The summed E-state index contributed by atoms with van der Waals surface area (Å²) in [6, 6.07) is 0.616. The van der Waals surface area contributed by atoms with Gasteiger partial charge in [-0.3, -0.25) is 4.90 Å². The zero-order chi connectivity index (χ0) is 10.6. The average Bonchev–Trinajstić information content (AvgIpc) is 2.19. The van der Waals surface area contributed by atoms with E-state index in [-0.39, 0.29) is 0 Å². The number of nitrogens with one attached hydrogen (secondary N) is 1. The fourth-order valence-corrected chi connectivity index (χ4v) is 2.19. The number of hydrogen-bond donors (Lipinski definition) is 1. The van der Waals surface area contributed by atoms with E-state index in [1.165, 1.54) is 13.0 Å². The molecule has 0 aliphatic carbocycles. The van der Waals surface area contributed by atoms with Gasteiger partial charge in [0.05, 0.1) is 6.10 Å². The zero-order valence-corrected chi connectivity index (χ0v) is 9.92. The summed E-state index contributed by atoms with van der Waals surface area (Å²) >= 11 is 0. The molecule has 3 atom stereocenters. The largest absolute Gasteiger partial charge is 0.380 e. The SMILES string of the molecule is CNCC(C)N1CCC(C)C(OC)C1. The predicted octanol–water partition coefficient (Wildman–Crippen LogP) is 0.951. The molecule has 0 aromatic heterocycles. The van der Waals surface area contributed by atoms with E-state index in [0.717, 1.165) is 13.1 Å². The number of rotatable bonds is 4. The van der Waals surface area contributed by atoms with Crippen molar-refractivity contribution in [1.29, 1.82) is 0 Å². The van der Waals surface area contributed by atoms with Crippen LogP contribution in [0.2, 0.25) is 0 Å². The lowest BCUT2D eigenvalue weighted by atomic mass is 9.95. The van der Waals surface area contributed by atoms with Crippen LogP contribution in [-0.2, 0) is 4.74 Å². The van der Waals surface area contributed by atoms with Gasteiger partial charge in [0.1, 0.15) is 0 Å². The molecule has 14 heavy (non-hydrogen) atoms. The molecule has 0 saturated carbocycles. The van der Waals surface area contributed by atoms with E-state index in [1.54, 1.807) is 0 Å². The first-order valence-corrected chi connectivity index (χ1v) is 5.60. The smallest absolute Gasteiger partial charge is 0.0724 e. The lowest BCUT2D eigenvalue weighted by Crippen LogP contribution is -2.50. The van der Waals surface area contributed by atoms with Crippen molar-refractivity contribution in [3.05, 3.63) is 0 Å². The van der Waals surface area contributed by atoms with Gasteiger partial charge in [0.25, 0.3) is 0 Å². The number of piperidine rings is 1. The van der Waals surface area contributed by atoms with Gasteiger partial charge in [-0.2, -0.15) is 0 Å². The van der Waals surface area contributed by atoms with Crippen LogP contribution in [0.25, 0.3) is 0 Å². The fourth-order valence-electron chi connectivity index (χ4n) is 2.19. The van der Waals surface area contributed by atoms with Crippen molar-refractivity contribution >= 4 is 0 Å². The van der Waals surface area contributed by atoms with Gasteiger partial charge >= 0.3 is 0 Å². The molecule has 0 spiro atoms. The summed E-state index contributed by atoms with van der Waals surface area (Å²) in [5.41, 5.74) is 0. The van der Waals surface area contributed by atoms with Crippen LogP contribution in [0.4, 0.5) is 0 Å². The highest BCUT2D eigenvalue weighted by molar-refractivity contribution is 4.81. The number of hydrogen-bond acceptors (Lipinski definition) is 3. The molecule has 1 aliphatic rings. The van der Waals surface area contributed by atoms with Crippen LogP contribution in [0.1, 0.15) is 20.3 Å². The van der Waals surface area contributed by atoms with Gasteiger partial charge < -0.3 is 10.1 Å². The molecule has 0 bridgehead atoms. The number of methoxy groups -OCH3 is 1. The molecule has 1 fully saturated rings. The second-order valence-corrected chi connectivity index (χ2v) is 4.44. The molecule has 1 rings (SSSR count). The summed E-state index contributed by atoms with van der Waals surface area (Å²) in [5, 5.41) is 3.23. The van der Waals surface area contributed by atoms with E-state index in [2.05, 4.69) is 24.1 Å². The lowest BCUT2D eigenvalue weighted by molar-refractivity contribution is -0.0162. The minimum Gasteiger partial charge on any atom is -0.380 e. The van der Waals surface area contributed by atoms with E-state index in [9.17, 15) is 0 Å². The Morgan fingerprint density at radius 2 is 2.29 bits per heavy atom. The fraction of sp³-hybridized carbons (Fsp3) is 1.00. The molecule has 0 aromatic carbocycles. The minimum atomic E-state index is 0.419. The zero-order valence-electron chi connectivity index (χ0n) is 9.92. The molecule has 3 heteroatoms. The normalized spacial score (nSPS) is 31.7. The third kappa shape index (κ3) is 2.94. The topological polar surface area (TPSA) is 24.5 Å². The third-order valence-corrected chi connectivity index (χ3v) is 3.35. The Labute approximate surface area is 87.8 Å². The second-order valence-electron chi connectivity index (χ2n) is 4.44. The first kappa shape index (κ1) is 12.0. The van der Waals surface area contributed by atoms with Crippen molar-refractivity contribution in [2.45, 2.75) is 32.4 Å². The van der Waals surface area contributed by atoms with E-state index < -0.39 is 0 Å². The van der Waals surface area contributed by atoms with E-state index in [0.29, 0.717) is 18.1 Å². The van der Waals surface area contributed by atoms with Gasteiger partial charge in [0.2, 0.25) is 0 Å². The Hall–Kier alpha value is -0.120. The van der Waals surface area contributed by atoms with Gasteiger partial charge in [0, 0.05) is 26.2 Å². The number of nitrogens with zero attached hydrogens (tertiary/aromatic N) is 1.